The number of ether oxygens (including phenoxy) is 1. The average Bonchev–Trinajstić information content (AvgIpc) is 2.70. The first-order valence-electron chi connectivity index (χ1n) is 9.45. The van der Waals surface area contributed by atoms with E-state index in [9.17, 15) is 4.79 Å². The van der Waals surface area contributed by atoms with E-state index >= 15 is 0 Å². The number of esters is 1. The van der Waals surface area contributed by atoms with Crippen LogP contribution >= 0.6 is 0 Å². The van der Waals surface area contributed by atoms with Crippen LogP contribution in [0.15, 0.2) is 36.4 Å². The molecule has 3 rings (SSSR count). The Morgan fingerprint density at radius 1 is 1.19 bits per heavy atom. The predicted molar refractivity (Wildman–Crippen MR) is 107 cm³/mol. The molecule has 1 saturated heterocycles. The van der Waals surface area contributed by atoms with E-state index in [-0.39, 0.29) is 5.97 Å². The third-order valence-electron chi connectivity index (χ3n) is 5.55. The molecule has 2 aromatic carbocycles. The quantitative estimate of drug-likeness (QED) is 0.756. The average molecular weight is 362 g/mol. The van der Waals surface area contributed by atoms with Gasteiger partial charge in [0.05, 0.1) is 24.3 Å². The van der Waals surface area contributed by atoms with Crippen molar-refractivity contribution < 1.29 is 9.53 Å². The van der Waals surface area contributed by atoms with Crippen molar-refractivity contribution in [1.82, 2.24) is 0 Å². The lowest BCUT2D eigenvalue weighted by Crippen LogP contribution is -2.34. The summed E-state index contributed by atoms with van der Waals surface area (Å²) in [7, 11) is 1.43. The smallest absolute Gasteiger partial charge is 0.338 e. The van der Waals surface area contributed by atoms with Gasteiger partial charge in [0.1, 0.15) is 0 Å². The summed E-state index contributed by atoms with van der Waals surface area (Å²) < 4.78 is 4.92. The Labute approximate surface area is 161 Å². The molecule has 1 heterocycles. The van der Waals surface area contributed by atoms with E-state index in [0.717, 1.165) is 43.6 Å². The van der Waals surface area contributed by atoms with Crippen molar-refractivity contribution in [1.29, 1.82) is 5.26 Å². The summed E-state index contributed by atoms with van der Waals surface area (Å²) >= 11 is 0. The maximum absolute atomic E-state index is 12.0. The number of piperidine rings is 1. The van der Waals surface area contributed by atoms with E-state index < -0.39 is 0 Å². The van der Waals surface area contributed by atoms with Gasteiger partial charge in [-0.1, -0.05) is 12.1 Å². The Kier molecular flexibility index (Phi) is 5.81. The fraction of sp³-hybridized carbons (Fsp3) is 0.391. The lowest BCUT2D eigenvalue weighted by Gasteiger charge is -2.34. The first-order valence-corrected chi connectivity index (χ1v) is 9.45. The number of carbonyl (C=O) groups is 1. The molecule has 0 aliphatic carbocycles. The maximum atomic E-state index is 12.0. The minimum absolute atomic E-state index is 0.263. The molecule has 0 radical (unpaired) electrons. The van der Waals surface area contributed by atoms with Gasteiger partial charge in [-0.2, -0.15) is 5.26 Å². The summed E-state index contributed by atoms with van der Waals surface area (Å²) in [6, 6.07) is 14.1. The zero-order chi connectivity index (χ0) is 19.4. The fourth-order valence-corrected chi connectivity index (χ4v) is 3.93. The molecule has 0 saturated carbocycles. The second-order valence-corrected chi connectivity index (χ2v) is 7.38. The Hall–Kier alpha value is -2.80. The van der Waals surface area contributed by atoms with Crippen molar-refractivity contribution >= 4 is 11.7 Å². The van der Waals surface area contributed by atoms with E-state index in [1.807, 2.05) is 31.2 Å². The Morgan fingerprint density at radius 3 is 2.59 bits per heavy atom. The molecule has 0 spiro atoms. The van der Waals surface area contributed by atoms with Gasteiger partial charge in [-0.3, -0.25) is 0 Å². The van der Waals surface area contributed by atoms with Gasteiger partial charge in [-0.25, -0.2) is 4.79 Å². The zero-order valence-corrected chi connectivity index (χ0v) is 16.3. The first kappa shape index (κ1) is 19.0. The van der Waals surface area contributed by atoms with Gasteiger partial charge in [-0.05, 0) is 80.0 Å². The molecule has 4 nitrogen and oxygen atoms in total. The highest BCUT2D eigenvalue weighted by atomic mass is 16.5. The number of anilines is 1. The van der Waals surface area contributed by atoms with E-state index in [1.165, 1.54) is 18.2 Å². The van der Waals surface area contributed by atoms with Crippen LogP contribution in [0.3, 0.4) is 0 Å². The van der Waals surface area contributed by atoms with Gasteiger partial charge in [0, 0.05) is 18.8 Å². The molecular weight excluding hydrogens is 336 g/mol. The largest absolute Gasteiger partial charge is 0.465 e. The van der Waals surface area contributed by atoms with Crippen molar-refractivity contribution in [2.24, 2.45) is 5.92 Å². The maximum Gasteiger partial charge on any atom is 0.338 e. The molecule has 0 N–H and O–H groups in total. The molecule has 1 fully saturated rings. The van der Waals surface area contributed by atoms with Crippen LogP contribution < -0.4 is 4.90 Å². The molecular formula is C23H26N2O2. The number of methoxy groups -OCH3 is 1. The number of nitriles is 1. The lowest BCUT2D eigenvalue weighted by atomic mass is 9.87. The molecule has 0 bridgehead atoms. The molecule has 0 atom stereocenters. The second-order valence-electron chi connectivity index (χ2n) is 7.38. The second kappa shape index (κ2) is 8.26. The van der Waals surface area contributed by atoms with Crippen LogP contribution in [0.2, 0.25) is 0 Å². The number of rotatable bonds is 4. The van der Waals surface area contributed by atoms with Crippen LogP contribution in [-0.4, -0.2) is 26.2 Å². The first-order chi connectivity index (χ1) is 13.0. The molecule has 2 aromatic rings. The van der Waals surface area contributed by atoms with Crippen LogP contribution in [0.25, 0.3) is 0 Å². The lowest BCUT2D eigenvalue weighted by molar-refractivity contribution is 0.0599. The van der Waals surface area contributed by atoms with Crippen molar-refractivity contribution in [3.05, 3.63) is 64.2 Å². The van der Waals surface area contributed by atoms with Crippen LogP contribution in [0.1, 0.15) is 45.5 Å². The van der Waals surface area contributed by atoms with Crippen molar-refractivity contribution in [2.45, 2.75) is 33.1 Å². The molecule has 140 valence electrons. The summed E-state index contributed by atoms with van der Waals surface area (Å²) in [5.41, 5.74) is 5.96. The Morgan fingerprint density at radius 2 is 1.93 bits per heavy atom. The highest BCUT2D eigenvalue weighted by molar-refractivity contribution is 5.91. The minimum Gasteiger partial charge on any atom is -0.465 e. The van der Waals surface area contributed by atoms with Crippen LogP contribution in [-0.2, 0) is 11.2 Å². The summed E-state index contributed by atoms with van der Waals surface area (Å²) in [4.78, 5) is 14.4. The van der Waals surface area contributed by atoms with Crippen LogP contribution in [0, 0.1) is 31.1 Å². The highest BCUT2D eigenvalue weighted by Gasteiger charge is 2.21. The molecule has 0 amide bonds. The summed E-state index contributed by atoms with van der Waals surface area (Å²) in [6.07, 6.45) is 3.21. The monoisotopic (exact) mass is 362 g/mol. The number of carbonyl (C=O) groups excluding carboxylic acids is 1. The van der Waals surface area contributed by atoms with Gasteiger partial charge >= 0.3 is 5.97 Å². The standard InChI is InChI=1S/C23H26N2O2/c1-16-11-17(2)22(23(26)27-3)14-20(16)12-18-7-9-25(10-8-18)21-6-4-5-19(13-21)15-24/h4-6,11,13-14,18H,7-10,12H2,1-3H3. The Balaban J connectivity index is 1.67. The summed E-state index contributed by atoms with van der Waals surface area (Å²) in [5.74, 6) is 0.341. The predicted octanol–water partition coefficient (Wildman–Crippen LogP) is 4.42. The van der Waals surface area contributed by atoms with Gasteiger partial charge in [0.15, 0.2) is 0 Å². The van der Waals surface area contributed by atoms with E-state index in [4.69, 9.17) is 10.00 Å². The van der Waals surface area contributed by atoms with Crippen LogP contribution in [0.5, 0.6) is 0 Å². The molecule has 1 aliphatic heterocycles. The van der Waals surface area contributed by atoms with Crippen molar-refractivity contribution in [3.8, 4) is 6.07 Å². The van der Waals surface area contributed by atoms with E-state index in [0.29, 0.717) is 17.0 Å². The summed E-state index contributed by atoms with van der Waals surface area (Å²) in [5, 5.41) is 9.09. The SMILES string of the molecule is COC(=O)c1cc(CC2CCN(c3cccc(C#N)c3)CC2)c(C)cc1C. The third kappa shape index (κ3) is 4.31. The number of hydrogen-bond acceptors (Lipinski definition) is 4. The number of aryl methyl sites for hydroxylation is 2. The molecule has 0 unspecified atom stereocenters. The van der Waals surface area contributed by atoms with Crippen molar-refractivity contribution in [3.63, 3.8) is 0 Å². The van der Waals surface area contributed by atoms with E-state index in [2.05, 4.69) is 30.0 Å². The third-order valence-corrected chi connectivity index (χ3v) is 5.55. The molecule has 1 aliphatic rings. The number of benzene rings is 2. The summed E-state index contributed by atoms with van der Waals surface area (Å²) in [6.45, 7) is 6.06. The zero-order valence-electron chi connectivity index (χ0n) is 16.3. The van der Waals surface area contributed by atoms with Gasteiger partial charge < -0.3 is 9.64 Å². The molecule has 0 aromatic heterocycles. The Bertz CT molecular complexity index is 874. The number of nitrogens with zero attached hydrogens (tertiary/aromatic N) is 2. The molecule has 27 heavy (non-hydrogen) atoms. The fourth-order valence-electron chi connectivity index (χ4n) is 3.93. The highest BCUT2D eigenvalue weighted by Crippen LogP contribution is 2.28. The van der Waals surface area contributed by atoms with Gasteiger partial charge in [0.25, 0.3) is 0 Å². The minimum atomic E-state index is -0.263. The normalized spacial score (nSPS) is 14.7. The van der Waals surface area contributed by atoms with Crippen molar-refractivity contribution in [2.75, 3.05) is 25.1 Å². The number of hydrogen-bond donors (Lipinski definition) is 0. The van der Waals surface area contributed by atoms with Gasteiger partial charge in [0.2, 0.25) is 0 Å². The van der Waals surface area contributed by atoms with Gasteiger partial charge in [-0.15, -0.1) is 0 Å². The van der Waals surface area contributed by atoms with Crippen LogP contribution in [0.4, 0.5) is 5.69 Å². The van der Waals surface area contributed by atoms with E-state index in [1.54, 1.807) is 0 Å². The molecule has 4 heteroatoms. The topological polar surface area (TPSA) is 53.3 Å².